The predicted molar refractivity (Wildman–Crippen MR) is 67.4 cm³/mol. The number of hydrogen-bond donors (Lipinski definition) is 0. The first kappa shape index (κ1) is 19.3. The van der Waals surface area contributed by atoms with Crippen molar-refractivity contribution >= 4 is 16.2 Å². The Morgan fingerprint density at radius 2 is 1.79 bits per heavy atom. The van der Waals surface area contributed by atoms with Crippen LogP contribution in [0.25, 0.3) is 6.08 Å². The first-order valence-corrected chi connectivity index (χ1v) is 6.95. The molecule has 0 unspecified atom stereocenters. The summed E-state index contributed by atoms with van der Waals surface area (Å²) in [5, 5.41) is 0. The van der Waals surface area contributed by atoms with Crippen LogP contribution >= 0.6 is 0 Å². The van der Waals surface area contributed by atoms with E-state index >= 15 is 0 Å². The molecule has 0 aromatic heterocycles. The summed E-state index contributed by atoms with van der Waals surface area (Å²) < 4.78 is 41.1. The van der Waals surface area contributed by atoms with Crippen LogP contribution in [-0.2, 0) is 14.9 Å². The van der Waals surface area contributed by atoms with Crippen LogP contribution in [0.3, 0.4) is 0 Å². The van der Waals surface area contributed by atoms with Crippen LogP contribution in [0.15, 0.2) is 30.8 Å². The Kier molecular flexibility index (Phi) is 10.2. The van der Waals surface area contributed by atoms with Crippen molar-refractivity contribution in [3.8, 4) is 5.75 Å². The van der Waals surface area contributed by atoms with Crippen molar-refractivity contribution in [2.24, 2.45) is 0 Å². The second-order valence-electron chi connectivity index (χ2n) is 3.50. The van der Waals surface area contributed by atoms with E-state index in [0.29, 0.717) is 12.4 Å². The van der Waals surface area contributed by atoms with Crippen molar-refractivity contribution in [3.63, 3.8) is 0 Å². The maximum atomic E-state index is 10.3. The van der Waals surface area contributed by atoms with E-state index in [1.807, 2.05) is 12.1 Å². The van der Waals surface area contributed by atoms with Gasteiger partial charge in [-0.25, -0.2) is 8.42 Å². The molecule has 0 fully saturated rings. The third kappa shape index (κ3) is 9.75. The first-order chi connectivity index (χ1) is 8.51. The van der Waals surface area contributed by atoms with E-state index in [0.717, 1.165) is 5.56 Å². The summed E-state index contributed by atoms with van der Waals surface area (Å²) in [6.07, 6.45) is 1.73. The van der Waals surface area contributed by atoms with Crippen LogP contribution in [0.1, 0.15) is 5.56 Å². The Bertz CT molecular complexity index is 469. The van der Waals surface area contributed by atoms with E-state index in [2.05, 4.69) is 6.58 Å². The van der Waals surface area contributed by atoms with Crippen LogP contribution in [0, 0.1) is 0 Å². The maximum Gasteiger partial charge on any atom is 1.00 e. The zero-order valence-corrected chi connectivity index (χ0v) is 14.8. The normalized spacial score (nSPS) is 10.6. The molecule has 0 aliphatic carbocycles. The Balaban J connectivity index is 0.00000324. The quantitative estimate of drug-likeness (QED) is 0.324. The van der Waals surface area contributed by atoms with E-state index in [1.165, 1.54) is 0 Å². The van der Waals surface area contributed by atoms with Gasteiger partial charge < -0.3 is 14.0 Å². The molecule has 5 nitrogen and oxygen atoms in total. The van der Waals surface area contributed by atoms with E-state index in [1.54, 1.807) is 18.2 Å². The summed E-state index contributed by atoms with van der Waals surface area (Å²) >= 11 is 0. The summed E-state index contributed by atoms with van der Waals surface area (Å²) in [5.74, 6) is 0.182. The maximum absolute atomic E-state index is 10.3. The van der Waals surface area contributed by atoms with Crippen LogP contribution < -0.4 is 56.1 Å². The van der Waals surface area contributed by atoms with Gasteiger partial charge in [0.1, 0.15) is 12.4 Å². The van der Waals surface area contributed by atoms with Gasteiger partial charge in [-0.05, 0) is 17.7 Å². The molecule has 0 N–H and O–H groups in total. The first-order valence-electron chi connectivity index (χ1n) is 5.38. The topological polar surface area (TPSA) is 75.7 Å². The average Bonchev–Trinajstić information content (AvgIpc) is 2.33. The van der Waals surface area contributed by atoms with Gasteiger partial charge in [0, 0.05) is 0 Å². The van der Waals surface area contributed by atoms with Crippen molar-refractivity contribution in [2.45, 2.75) is 0 Å². The minimum Gasteiger partial charge on any atom is -0.748 e. The summed E-state index contributed by atoms with van der Waals surface area (Å²) in [6.45, 7) is 4.07. The molecule has 0 amide bonds. The Morgan fingerprint density at radius 1 is 1.16 bits per heavy atom. The average molecular weight is 310 g/mol. The number of hydrogen-bond acceptors (Lipinski definition) is 5. The van der Waals surface area contributed by atoms with Gasteiger partial charge >= 0.3 is 51.4 Å². The molecule has 7 heteroatoms. The van der Waals surface area contributed by atoms with Crippen molar-refractivity contribution in [2.75, 3.05) is 25.6 Å². The summed E-state index contributed by atoms with van der Waals surface area (Å²) in [5.41, 5.74) is 0.999. The summed E-state index contributed by atoms with van der Waals surface area (Å²) in [6, 6.07) is 7.35. The third-order valence-electron chi connectivity index (χ3n) is 2.09. The zero-order chi connectivity index (χ0) is 13.4. The smallest absolute Gasteiger partial charge is 0.748 e. The molecule has 19 heavy (non-hydrogen) atoms. The summed E-state index contributed by atoms with van der Waals surface area (Å²) in [4.78, 5) is 0. The Morgan fingerprint density at radius 3 is 2.32 bits per heavy atom. The fraction of sp³-hybridized carbons (Fsp3) is 0.333. The van der Waals surface area contributed by atoms with E-state index in [9.17, 15) is 13.0 Å². The molecule has 0 saturated heterocycles. The Labute approximate surface area is 156 Å². The predicted octanol–water partition coefficient (Wildman–Crippen LogP) is -1.73. The molecule has 1 aromatic rings. The SMILES string of the molecule is C=Cc1ccc(OCCOCCS(=O)(=O)[O-])cc1.[K+]. The van der Waals surface area contributed by atoms with E-state index < -0.39 is 15.9 Å². The second-order valence-corrected chi connectivity index (χ2v) is 5.02. The molecule has 0 radical (unpaired) electrons. The van der Waals surface area contributed by atoms with Gasteiger partial charge in [0.25, 0.3) is 0 Å². The molecule has 0 aliphatic heterocycles. The molecule has 0 heterocycles. The molecule has 1 aromatic carbocycles. The van der Waals surface area contributed by atoms with Gasteiger partial charge in [-0.3, -0.25) is 0 Å². The molecule has 0 spiro atoms. The van der Waals surface area contributed by atoms with Crippen LogP contribution in [0.2, 0.25) is 0 Å². The van der Waals surface area contributed by atoms with Gasteiger partial charge in [0.15, 0.2) is 0 Å². The molecule has 0 aliphatic rings. The van der Waals surface area contributed by atoms with Gasteiger partial charge in [-0.2, -0.15) is 0 Å². The largest absolute Gasteiger partial charge is 1.00 e. The molecule has 0 bridgehead atoms. The molecule has 1 rings (SSSR count). The fourth-order valence-corrected chi connectivity index (χ4v) is 1.50. The number of benzene rings is 1. The minimum atomic E-state index is -4.20. The van der Waals surface area contributed by atoms with Crippen LogP contribution in [0.5, 0.6) is 5.75 Å². The van der Waals surface area contributed by atoms with Gasteiger partial charge in [0.2, 0.25) is 0 Å². The molecule has 0 saturated carbocycles. The third-order valence-corrected chi connectivity index (χ3v) is 2.76. The van der Waals surface area contributed by atoms with E-state index in [4.69, 9.17) is 9.47 Å². The Hall–Kier alpha value is 0.266. The molecule has 0 atom stereocenters. The monoisotopic (exact) mass is 310 g/mol. The zero-order valence-electron chi connectivity index (χ0n) is 10.9. The fourth-order valence-electron chi connectivity index (χ4n) is 1.18. The van der Waals surface area contributed by atoms with E-state index in [-0.39, 0.29) is 64.6 Å². The minimum absolute atomic E-state index is 0. The van der Waals surface area contributed by atoms with Gasteiger partial charge in [-0.1, -0.05) is 24.8 Å². The standard InChI is InChI=1S/C12H16O5S.K/c1-2-11-3-5-12(6-4-11)17-8-7-16-9-10-18(13,14)15;/h2-6H,1,7-10H2,(H,13,14,15);/q;+1/p-1. The van der Waals surface area contributed by atoms with Crippen molar-refractivity contribution < 1.29 is 73.8 Å². The molecular formula is C12H15KO5S. The second kappa shape index (κ2) is 10.1. The molecule has 100 valence electrons. The number of rotatable bonds is 8. The molecular weight excluding hydrogens is 295 g/mol. The number of ether oxygens (including phenoxy) is 2. The van der Waals surface area contributed by atoms with Gasteiger partial charge in [-0.15, -0.1) is 0 Å². The van der Waals surface area contributed by atoms with Crippen molar-refractivity contribution in [1.29, 1.82) is 0 Å². The van der Waals surface area contributed by atoms with Crippen LogP contribution in [0.4, 0.5) is 0 Å². The van der Waals surface area contributed by atoms with Crippen molar-refractivity contribution in [3.05, 3.63) is 36.4 Å². The summed E-state index contributed by atoms with van der Waals surface area (Å²) in [7, 11) is -4.20. The van der Waals surface area contributed by atoms with Crippen molar-refractivity contribution in [1.82, 2.24) is 0 Å². The van der Waals surface area contributed by atoms with Gasteiger partial charge in [0.05, 0.1) is 29.1 Å². The van der Waals surface area contributed by atoms with Crippen LogP contribution in [-0.4, -0.2) is 38.5 Å².